The lowest BCUT2D eigenvalue weighted by Crippen LogP contribution is -2.15. The summed E-state index contributed by atoms with van der Waals surface area (Å²) >= 11 is 0. The summed E-state index contributed by atoms with van der Waals surface area (Å²) in [4.78, 5) is 0.426. The molecule has 0 bridgehead atoms. The maximum Gasteiger partial charge on any atom is 0.177 e. The van der Waals surface area contributed by atoms with Gasteiger partial charge < -0.3 is 5.32 Å². The monoisotopic (exact) mass is 211 g/mol. The molecule has 76 valence electrons. The fourth-order valence-corrected chi connectivity index (χ4v) is 2.69. The van der Waals surface area contributed by atoms with Crippen LogP contribution in [0.15, 0.2) is 23.1 Å². The lowest BCUT2D eigenvalue weighted by Gasteiger charge is -2.20. The molecule has 4 heteroatoms. The van der Waals surface area contributed by atoms with Gasteiger partial charge in [0.15, 0.2) is 9.84 Å². The Balaban J connectivity index is 2.62. The van der Waals surface area contributed by atoms with E-state index in [1.54, 1.807) is 6.07 Å². The highest BCUT2D eigenvalue weighted by molar-refractivity contribution is 7.90. The van der Waals surface area contributed by atoms with E-state index >= 15 is 0 Å². The molecular formula is C10H13NO2S. The molecule has 1 N–H and O–H groups in total. The molecule has 3 nitrogen and oxygen atoms in total. The molecule has 0 radical (unpaired) electrons. The molecule has 0 aromatic heterocycles. The fraction of sp³-hybridized carbons (Fsp3) is 0.400. The minimum Gasteiger partial charge on any atom is -0.384 e. The van der Waals surface area contributed by atoms with Crippen LogP contribution in [0.3, 0.4) is 0 Å². The Morgan fingerprint density at radius 1 is 1.36 bits per heavy atom. The Labute approximate surface area is 84.1 Å². The quantitative estimate of drug-likeness (QED) is 0.764. The molecule has 0 fully saturated rings. The average molecular weight is 211 g/mol. The first-order valence-electron chi connectivity index (χ1n) is 4.65. The molecular weight excluding hydrogens is 198 g/mol. The van der Waals surface area contributed by atoms with Gasteiger partial charge in [-0.2, -0.15) is 0 Å². The minimum absolute atomic E-state index is 0.426. The van der Waals surface area contributed by atoms with Crippen LogP contribution < -0.4 is 5.32 Å². The molecule has 14 heavy (non-hydrogen) atoms. The van der Waals surface area contributed by atoms with E-state index in [4.69, 9.17) is 0 Å². The van der Waals surface area contributed by atoms with Gasteiger partial charge in [0.2, 0.25) is 0 Å². The molecule has 0 atom stereocenters. The third kappa shape index (κ3) is 1.62. The zero-order valence-electron chi connectivity index (χ0n) is 8.08. The molecule has 0 unspecified atom stereocenters. The Bertz CT molecular complexity index is 451. The second-order valence-corrected chi connectivity index (χ2v) is 5.58. The fourth-order valence-electron chi connectivity index (χ4n) is 1.79. The van der Waals surface area contributed by atoms with Gasteiger partial charge in [-0.05, 0) is 24.5 Å². The van der Waals surface area contributed by atoms with Crippen LogP contribution in [0, 0.1) is 0 Å². The second-order valence-electron chi connectivity index (χ2n) is 3.59. The number of rotatable bonds is 1. The number of hydrogen-bond donors (Lipinski definition) is 1. The summed E-state index contributed by atoms with van der Waals surface area (Å²) in [5, 5.41) is 3.16. The van der Waals surface area contributed by atoms with E-state index in [2.05, 4.69) is 5.32 Å². The first-order valence-corrected chi connectivity index (χ1v) is 6.54. The van der Waals surface area contributed by atoms with E-state index in [0.29, 0.717) is 4.90 Å². The first kappa shape index (κ1) is 9.52. The zero-order valence-corrected chi connectivity index (χ0v) is 8.89. The molecule has 1 aromatic carbocycles. The number of sulfone groups is 1. The Hall–Kier alpha value is -1.03. The van der Waals surface area contributed by atoms with Gasteiger partial charge >= 0.3 is 0 Å². The van der Waals surface area contributed by atoms with E-state index in [1.807, 2.05) is 12.1 Å². The number of aryl methyl sites for hydroxylation is 1. The van der Waals surface area contributed by atoms with Gasteiger partial charge in [-0.25, -0.2) is 8.42 Å². The summed E-state index contributed by atoms with van der Waals surface area (Å²) in [7, 11) is -3.11. The van der Waals surface area contributed by atoms with E-state index in [9.17, 15) is 8.42 Å². The molecule has 0 spiro atoms. The molecule has 0 saturated heterocycles. The Morgan fingerprint density at radius 3 is 2.86 bits per heavy atom. The van der Waals surface area contributed by atoms with Gasteiger partial charge in [-0.3, -0.25) is 0 Å². The number of nitrogens with one attached hydrogen (secondary N) is 1. The summed E-state index contributed by atoms with van der Waals surface area (Å²) in [6.07, 6.45) is 3.28. The minimum atomic E-state index is -3.11. The first-order chi connectivity index (χ1) is 6.59. The van der Waals surface area contributed by atoms with Crippen molar-refractivity contribution in [3.8, 4) is 0 Å². The van der Waals surface area contributed by atoms with Crippen molar-refractivity contribution in [3.63, 3.8) is 0 Å². The highest BCUT2D eigenvalue weighted by Gasteiger charge is 2.18. The molecule has 2 rings (SSSR count). The highest BCUT2D eigenvalue weighted by atomic mass is 32.2. The number of benzene rings is 1. The van der Waals surface area contributed by atoms with Crippen LogP contribution in [-0.2, 0) is 16.3 Å². The van der Waals surface area contributed by atoms with Crippen molar-refractivity contribution in [2.24, 2.45) is 0 Å². The lowest BCUT2D eigenvalue weighted by molar-refractivity contribution is 0.601. The van der Waals surface area contributed by atoms with Gasteiger partial charge in [-0.1, -0.05) is 12.1 Å². The van der Waals surface area contributed by atoms with Crippen LogP contribution in [0.25, 0.3) is 0 Å². The summed E-state index contributed by atoms with van der Waals surface area (Å²) in [5.74, 6) is 0. The molecule has 0 aliphatic carbocycles. The summed E-state index contributed by atoms with van der Waals surface area (Å²) in [6.45, 7) is 0.861. The van der Waals surface area contributed by atoms with Crippen molar-refractivity contribution in [2.75, 3.05) is 18.1 Å². The van der Waals surface area contributed by atoms with E-state index < -0.39 is 9.84 Å². The maximum atomic E-state index is 11.5. The largest absolute Gasteiger partial charge is 0.384 e. The van der Waals surface area contributed by atoms with Crippen molar-refractivity contribution in [2.45, 2.75) is 17.7 Å². The van der Waals surface area contributed by atoms with Crippen LogP contribution in [0.5, 0.6) is 0 Å². The topological polar surface area (TPSA) is 46.2 Å². The maximum absolute atomic E-state index is 11.5. The van der Waals surface area contributed by atoms with Gasteiger partial charge in [0.1, 0.15) is 0 Å². The molecule has 1 aliphatic heterocycles. The molecule has 1 aliphatic rings. The van der Waals surface area contributed by atoms with Gasteiger partial charge in [-0.15, -0.1) is 0 Å². The van der Waals surface area contributed by atoms with Crippen LogP contribution in [-0.4, -0.2) is 21.2 Å². The number of fused-ring (bicyclic) bond motifs is 1. The molecule has 1 aromatic rings. The van der Waals surface area contributed by atoms with Crippen molar-refractivity contribution in [1.29, 1.82) is 0 Å². The lowest BCUT2D eigenvalue weighted by atomic mass is 10.0. The SMILES string of the molecule is CS(=O)(=O)c1cccc2c1NCCC2. The van der Waals surface area contributed by atoms with Crippen molar-refractivity contribution in [1.82, 2.24) is 0 Å². The van der Waals surface area contributed by atoms with E-state index in [0.717, 1.165) is 30.6 Å². The van der Waals surface area contributed by atoms with E-state index in [1.165, 1.54) is 6.26 Å². The van der Waals surface area contributed by atoms with E-state index in [-0.39, 0.29) is 0 Å². The number of hydrogen-bond acceptors (Lipinski definition) is 3. The Morgan fingerprint density at radius 2 is 2.14 bits per heavy atom. The van der Waals surface area contributed by atoms with Gasteiger partial charge in [0.25, 0.3) is 0 Å². The van der Waals surface area contributed by atoms with Crippen LogP contribution >= 0.6 is 0 Å². The van der Waals surface area contributed by atoms with Crippen LogP contribution in [0.1, 0.15) is 12.0 Å². The number of anilines is 1. The predicted octanol–water partition coefficient (Wildman–Crippen LogP) is 1.45. The van der Waals surface area contributed by atoms with Crippen molar-refractivity contribution in [3.05, 3.63) is 23.8 Å². The van der Waals surface area contributed by atoms with Crippen LogP contribution in [0.4, 0.5) is 5.69 Å². The third-order valence-corrected chi connectivity index (χ3v) is 3.58. The normalized spacial score (nSPS) is 15.8. The average Bonchev–Trinajstić information content (AvgIpc) is 2.15. The van der Waals surface area contributed by atoms with Crippen molar-refractivity contribution >= 4 is 15.5 Å². The predicted molar refractivity (Wildman–Crippen MR) is 56.4 cm³/mol. The summed E-state index contributed by atoms with van der Waals surface area (Å²) < 4.78 is 22.9. The standard InChI is InChI=1S/C10H13NO2S/c1-14(12,13)9-6-2-4-8-5-3-7-11-10(8)9/h2,4,6,11H,3,5,7H2,1H3. The Kier molecular flexibility index (Phi) is 2.23. The molecule has 0 amide bonds. The van der Waals surface area contributed by atoms with Crippen LogP contribution in [0.2, 0.25) is 0 Å². The second kappa shape index (κ2) is 3.28. The van der Waals surface area contributed by atoms with Gasteiger partial charge in [0.05, 0.1) is 10.6 Å². The van der Waals surface area contributed by atoms with Crippen molar-refractivity contribution < 1.29 is 8.42 Å². The summed E-state index contributed by atoms with van der Waals surface area (Å²) in [5.41, 5.74) is 1.92. The highest BCUT2D eigenvalue weighted by Crippen LogP contribution is 2.28. The molecule has 1 heterocycles. The molecule has 0 saturated carbocycles. The third-order valence-electron chi connectivity index (χ3n) is 2.44. The van der Waals surface area contributed by atoms with Gasteiger partial charge in [0, 0.05) is 12.8 Å². The summed E-state index contributed by atoms with van der Waals surface area (Å²) in [6, 6.07) is 5.45. The zero-order chi connectivity index (χ0) is 10.2. The smallest absolute Gasteiger partial charge is 0.177 e. The number of para-hydroxylation sites is 1.